The van der Waals surface area contributed by atoms with E-state index in [-0.39, 0.29) is 11.4 Å². The standard InChI is InChI=1S/C12H13NO9/c14-7-8(15)10(11(17)18)22-12(9(7)16)21-6-3-1-5(2-4-6)13(19)20/h1-4,7-10,12,14-16H,(H,17,18)/t7-,8+,9-,10-,12+/m1/s1. The first-order chi connectivity index (χ1) is 10.3. The molecule has 0 unspecified atom stereocenters. The van der Waals surface area contributed by atoms with Crippen molar-refractivity contribution in [3.8, 4) is 5.75 Å². The Hall–Kier alpha value is -2.27. The lowest BCUT2D eigenvalue weighted by Gasteiger charge is -2.38. The van der Waals surface area contributed by atoms with Gasteiger partial charge in [-0.15, -0.1) is 0 Å². The van der Waals surface area contributed by atoms with Crippen LogP contribution in [0.3, 0.4) is 0 Å². The zero-order valence-corrected chi connectivity index (χ0v) is 11.0. The first-order valence-electron chi connectivity index (χ1n) is 6.15. The molecule has 0 aromatic heterocycles. The zero-order valence-electron chi connectivity index (χ0n) is 11.0. The second kappa shape index (κ2) is 6.23. The summed E-state index contributed by atoms with van der Waals surface area (Å²) < 4.78 is 10.1. The number of aliphatic hydroxyl groups is 3. The van der Waals surface area contributed by atoms with Crippen LogP contribution in [0.2, 0.25) is 0 Å². The fourth-order valence-electron chi connectivity index (χ4n) is 1.93. The topological polar surface area (TPSA) is 160 Å². The monoisotopic (exact) mass is 315 g/mol. The number of aliphatic carboxylic acids is 1. The summed E-state index contributed by atoms with van der Waals surface area (Å²) in [6.07, 6.45) is -8.62. The molecule has 0 spiro atoms. The molecule has 4 N–H and O–H groups in total. The molecule has 10 nitrogen and oxygen atoms in total. The predicted molar refractivity (Wildman–Crippen MR) is 68.0 cm³/mol. The summed E-state index contributed by atoms with van der Waals surface area (Å²) >= 11 is 0. The molecule has 0 amide bonds. The fraction of sp³-hybridized carbons (Fsp3) is 0.417. The van der Waals surface area contributed by atoms with Crippen molar-refractivity contribution in [2.45, 2.75) is 30.7 Å². The second-order valence-electron chi connectivity index (χ2n) is 4.60. The van der Waals surface area contributed by atoms with E-state index in [2.05, 4.69) is 0 Å². The molecule has 1 aromatic carbocycles. The van der Waals surface area contributed by atoms with Crippen LogP contribution in [0.4, 0.5) is 5.69 Å². The highest BCUT2D eigenvalue weighted by Gasteiger charge is 2.48. The van der Waals surface area contributed by atoms with Gasteiger partial charge in [0.1, 0.15) is 24.1 Å². The summed E-state index contributed by atoms with van der Waals surface area (Å²) in [5.41, 5.74) is -0.184. The first kappa shape index (κ1) is 16.1. The lowest BCUT2D eigenvalue weighted by molar-refractivity contribution is -0.384. The molecule has 5 atom stereocenters. The fourth-order valence-corrected chi connectivity index (χ4v) is 1.93. The molecule has 120 valence electrons. The highest BCUT2D eigenvalue weighted by Crippen LogP contribution is 2.25. The van der Waals surface area contributed by atoms with E-state index in [0.29, 0.717) is 0 Å². The minimum atomic E-state index is -1.82. The van der Waals surface area contributed by atoms with Crippen molar-refractivity contribution in [3.63, 3.8) is 0 Å². The summed E-state index contributed by atoms with van der Waals surface area (Å²) in [5.74, 6) is -1.47. The molecular weight excluding hydrogens is 302 g/mol. The molecule has 0 bridgehead atoms. The van der Waals surface area contributed by atoms with Crippen LogP contribution in [0.25, 0.3) is 0 Å². The summed E-state index contributed by atoms with van der Waals surface area (Å²) in [5, 5.41) is 48.3. The molecule has 2 rings (SSSR count). The van der Waals surface area contributed by atoms with Crippen molar-refractivity contribution in [1.29, 1.82) is 0 Å². The number of rotatable bonds is 4. The quantitative estimate of drug-likeness (QED) is 0.398. The van der Waals surface area contributed by atoms with E-state index in [9.17, 15) is 30.2 Å². The Balaban J connectivity index is 2.13. The Morgan fingerprint density at radius 1 is 1.14 bits per heavy atom. The Morgan fingerprint density at radius 3 is 2.23 bits per heavy atom. The van der Waals surface area contributed by atoms with Gasteiger partial charge in [-0.3, -0.25) is 10.1 Å². The van der Waals surface area contributed by atoms with Gasteiger partial charge in [0.25, 0.3) is 5.69 Å². The Morgan fingerprint density at radius 2 is 1.73 bits per heavy atom. The summed E-state index contributed by atoms with van der Waals surface area (Å²) in [6, 6.07) is 4.73. The van der Waals surface area contributed by atoms with E-state index in [1.54, 1.807) is 0 Å². The van der Waals surface area contributed by atoms with Crippen molar-refractivity contribution in [2.24, 2.45) is 0 Å². The molecule has 0 aliphatic carbocycles. The highest BCUT2D eigenvalue weighted by molar-refractivity contribution is 5.73. The average Bonchev–Trinajstić information content (AvgIpc) is 2.48. The highest BCUT2D eigenvalue weighted by atomic mass is 16.7. The van der Waals surface area contributed by atoms with Crippen LogP contribution in [0.5, 0.6) is 5.75 Å². The van der Waals surface area contributed by atoms with Gasteiger partial charge in [0.2, 0.25) is 6.29 Å². The summed E-state index contributed by atoms with van der Waals surface area (Å²) in [6.45, 7) is 0. The van der Waals surface area contributed by atoms with Crippen LogP contribution in [-0.2, 0) is 9.53 Å². The van der Waals surface area contributed by atoms with Gasteiger partial charge in [0.05, 0.1) is 4.92 Å². The van der Waals surface area contributed by atoms with Crippen molar-refractivity contribution in [3.05, 3.63) is 34.4 Å². The first-order valence-corrected chi connectivity index (χ1v) is 6.15. The molecule has 0 saturated carbocycles. The SMILES string of the molecule is O=C(O)[C@@H]1O[C@H](Oc2ccc([N+](=O)[O-])cc2)[C@H](O)[C@H](O)[C@@H]1O. The van der Waals surface area contributed by atoms with E-state index in [1.807, 2.05) is 0 Å². The van der Waals surface area contributed by atoms with Gasteiger partial charge in [-0.05, 0) is 12.1 Å². The number of nitrogens with zero attached hydrogens (tertiary/aromatic N) is 1. The van der Waals surface area contributed by atoms with E-state index < -0.39 is 41.6 Å². The van der Waals surface area contributed by atoms with E-state index in [1.165, 1.54) is 12.1 Å². The van der Waals surface area contributed by atoms with Crippen LogP contribution >= 0.6 is 0 Å². The number of hydrogen-bond donors (Lipinski definition) is 4. The predicted octanol–water partition coefficient (Wildman–Crippen LogP) is -1.13. The van der Waals surface area contributed by atoms with Gasteiger partial charge >= 0.3 is 5.97 Å². The van der Waals surface area contributed by atoms with Crippen LogP contribution in [0.15, 0.2) is 24.3 Å². The van der Waals surface area contributed by atoms with Crippen LogP contribution in [0, 0.1) is 10.1 Å². The van der Waals surface area contributed by atoms with Gasteiger partial charge < -0.3 is 29.9 Å². The number of carboxylic acids is 1. The molecule has 1 fully saturated rings. The van der Waals surface area contributed by atoms with E-state index in [4.69, 9.17) is 14.6 Å². The maximum atomic E-state index is 10.9. The third kappa shape index (κ3) is 3.14. The number of hydrogen-bond acceptors (Lipinski definition) is 8. The third-order valence-electron chi connectivity index (χ3n) is 3.11. The summed E-state index contributed by atoms with van der Waals surface area (Å²) in [4.78, 5) is 20.8. The minimum Gasteiger partial charge on any atom is -0.479 e. The van der Waals surface area contributed by atoms with E-state index in [0.717, 1.165) is 12.1 Å². The number of carboxylic acid groups (broad SMARTS) is 1. The summed E-state index contributed by atoms with van der Waals surface area (Å²) in [7, 11) is 0. The smallest absolute Gasteiger partial charge is 0.335 e. The van der Waals surface area contributed by atoms with Crippen LogP contribution < -0.4 is 4.74 Å². The Kier molecular flexibility index (Phi) is 4.56. The van der Waals surface area contributed by atoms with Gasteiger partial charge in [0, 0.05) is 12.1 Å². The number of nitro groups is 1. The molecule has 10 heteroatoms. The number of ether oxygens (including phenoxy) is 2. The van der Waals surface area contributed by atoms with Gasteiger partial charge in [-0.25, -0.2) is 4.79 Å². The Labute approximate surface area is 123 Å². The zero-order chi connectivity index (χ0) is 16.4. The maximum Gasteiger partial charge on any atom is 0.335 e. The van der Waals surface area contributed by atoms with Gasteiger partial charge in [-0.2, -0.15) is 0 Å². The lowest BCUT2D eigenvalue weighted by Crippen LogP contribution is -2.61. The van der Waals surface area contributed by atoms with E-state index >= 15 is 0 Å². The largest absolute Gasteiger partial charge is 0.479 e. The molecule has 1 aromatic rings. The van der Waals surface area contributed by atoms with Crippen molar-refractivity contribution in [1.82, 2.24) is 0 Å². The third-order valence-corrected chi connectivity index (χ3v) is 3.11. The Bertz CT molecular complexity index is 560. The van der Waals surface area contributed by atoms with Gasteiger partial charge in [-0.1, -0.05) is 0 Å². The molecule has 1 aliphatic heterocycles. The molecule has 1 heterocycles. The molecular formula is C12H13NO9. The maximum absolute atomic E-state index is 10.9. The average molecular weight is 315 g/mol. The lowest BCUT2D eigenvalue weighted by atomic mass is 9.99. The normalized spacial score (nSPS) is 31.5. The molecule has 22 heavy (non-hydrogen) atoms. The van der Waals surface area contributed by atoms with Crippen LogP contribution in [-0.4, -0.2) is 62.0 Å². The van der Waals surface area contributed by atoms with Crippen molar-refractivity contribution in [2.75, 3.05) is 0 Å². The molecule has 0 radical (unpaired) electrons. The number of nitro benzene ring substituents is 1. The minimum absolute atomic E-state index is 0.0578. The number of benzene rings is 1. The van der Waals surface area contributed by atoms with Gasteiger partial charge in [0.15, 0.2) is 6.10 Å². The number of non-ortho nitro benzene ring substituents is 1. The van der Waals surface area contributed by atoms with Crippen LogP contribution in [0.1, 0.15) is 0 Å². The number of carbonyl (C=O) groups is 1. The number of aliphatic hydroxyl groups excluding tert-OH is 3. The second-order valence-corrected chi connectivity index (χ2v) is 4.60. The van der Waals surface area contributed by atoms with Crippen molar-refractivity contribution < 1.29 is 39.6 Å². The molecule has 1 saturated heterocycles. The van der Waals surface area contributed by atoms with Crippen molar-refractivity contribution >= 4 is 11.7 Å². The molecule has 1 aliphatic rings.